The van der Waals surface area contributed by atoms with E-state index in [0.717, 1.165) is 28.7 Å². The van der Waals surface area contributed by atoms with Crippen molar-refractivity contribution in [2.24, 2.45) is 5.92 Å². The van der Waals surface area contributed by atoms with Crippen LogP contribution in [0.5, 0.6) is 0 Å². The van der Waals surface area contributed by atoms with Crippen LogP contribution in [-0.4, -0.2) is 22.7 Å². The van der Waals surface area contributed by atoms with Gasteiger partial charge in [0.05, 0.1) is 6.20 Å². The highest BCUT2D eigenvalue weighted by Crippen LogP contribution is 2.25. The van der Waals surface area contributed by atoms with Crippen molar-refractivity contribution in [3.05, 3.63) is 15.5 Å². The van der Waals surface area contributed by atoms with Crippen LogP contribution in [0.2, 0.25) is 4.34 Å². The zero-order valence-electron chi connectivity index (χ0n) is 9.16. The monoisotopic (exact) mass is 260 g/mol. The highest BCUT2D eigenvalue weighted by atomic mass is 35.5. The van der Waals surface area contributed by atoms with Gasteiger partial charge in [0.1, 0.15) is 9.34 Å². The van der Waals surface area contributed by atoms with Crippen molar-refractivity contribution >= 4 is 22.9 Å². The standard InChI is InChI=1S/C11H17ClN2OS/c12-10-5-14-11(16-10)6-13-9-4-2-1-3-8(9)7-15/h5,8-9,13,15H,1-4,6-7H2. The van der Waals surface area contributed by atoms with Gasteiger partial charge in [0.2, 0.25) is 0 Å². The van der Waals surface area contributed by atoms with Crippen LogP contribution >= 0.6 is 22.9 Å². The number of thiazole rings is 1. The predicted molar refractivity (Wildman–Crippen MR) is 66.8 cm³/mol. The molecule has 0 radical (unpaired) electrons. The molecule has 1 saturated carbocycles. The maximum atomic E-state index is 9.29. The number of halogens is 1. The van der Waals surface area contributed by atoms with Gasteiger partial charge in [0.15, 0.2) is 0 Å². The summed E-state index contributed by atoms with van der Waals surface area (Å²) < 4.78 is 0.735. The molecule has 3 nitrogen and oxygen atoms in total. The zero-order valence-corrected chi connectivity index (χ0v) is 10.7. The average Bonchev–Trinajstić information content (AvgIpc) is 2.73. The molecular weight excluding hydrogens is 244 g/mol. The fourth-order valence-electron chi connectivity index (χ4n) is 2.28. The molecule has 1 heterocycles. The van der Waals surface area contributed by atoms with E-state index < -0.39 is 0 Å². The Morgan fingerprint density at radius 1 is 1.50 bits per heavy atom. The van der Waals surface area contributed by atoms with Gasteiger partial charge in [-0.2, -0.15) is 0 Å². The first-order valence-electron chi connectivity index (χ1n) is 5.74. The third-order valence-electron chi connectivity index (χ3n) is 3.18. The predicted octanol–water partition coefficient (Wildman–Crippen LogP) is 2.44. The normalized spacial score (nSPS) is 25.9. The second kappa shape index (κ2) is 5.96. The summed E-state index contributed by atoms with van der Waals surface area (Å²) in [7, 11) is 0. The fourth-order valence-corrected chi connectivity index (χ4v) is 3.19. The van der Waals surface area contributed by atoms with E-state index in [-0.39, 0.29) is 6.61 Å². The highest BCUT2D eigenvalue weighted by molar-refractivity contribution is 7.15. The van der Waals surface area contributed by atoms with Crippen LogP contribution in [-0.2, 0) is 6.54 Å². The van der Waals surface area contributed by atoms with Crippen molar-refractivity contribution in [3.8, 4) is 0 Å². The largest absolute Gasteiger partial charge is 0.396 e. The number of aromatic nitrogens is 1. The van der Waals surface area contributed by atoms with Crippen LogP contribution in [0.15, 0.2) is 6.20 Å². The summed E-state index contributed by atoms with van der Waals surface area (Å²) in [6, 6.07) is 0.432. The molecule has 16 heavy (non-hydrogen) atoms. The lowest BCUT2D eigenvalue weighted by molar-refractivity contribution is 0.152. The maximum Gasteiger partial charge on any atom is 0.113 e. The zero-order chi connectivity index (χ0) is 11.4. The molecule has 0 saturated heterocycles. The lowest BCUT2D eigenvalue weighted by Gasteiger charge is -2.30. The quantitative estimate of drug-likeness (QED) is 0.874. The lowest BCUT2D eigenvalue weighted by atomic mass is 9.85. The van der Waals surface area contributed by atoms with E-state index in [1.807, 2.05) is 0 Å². The summed E-state index contributed by atoms with van der Waals surface area (Å²) in [5, 5.41) is 13.8. The van der Waals surface area contributed by atoms with Gasteiger partial charge < -0.3 is 10.4 Å². The van der Waals surface area contributed by atoms with E-state index in [0.29, 0.717) is 12.0 Å². The van der Waals surface area contributed by atoms with Crippen molar-refractivity contribution in [2.75, 3.05) is 6.61 Å². The van der Waals surface area contributed by atoms with Crippen LogP contribution in [0.4, 0.5) is 0 Å². The highest BCUT2D eigenvalue weighted by Gasteiger charge is 2.23. The van der Waals surface area contributed by atoms with Crippen LogP contribution in [0.3, 0.4) is 0 Å². The molecule has 2 unspecified atom stereocenters. The molecule has 0 amide bonds. The Morgan fingerprint density at radius 2 is 2.31 bits per heavy atom. The fraction of sp³-hybridized carbons (Fsp3) is 0.727. The number of hydrogen-bond donors (Lipinski definition) is 2. The topological polar surface area (TPSA) is 45.1 Å². The molecule has 90 valence electrons. The molecule has 2 rings (SSSR count). The number of aliphatic hydroxyl groups excluding tert-OH is 1. The Balaban J connectivity index is 1.84. The Kier molecular flexibility index (Phi) is 4.58. The summed E-state index contributed by atoms with van der Waals surface area (Å²) in [5.41, 5.74) is 0. The molecule has 0 aliphatic heterocycles. The SMILES string of the molecule is OCC1CCCCC1NCc1ncc(Cl)s1. The molecule has 1 aliphatic rings. The maximum absolute atomic E-state index is 9.29. The van der Waals surface area contributed by atoms with Gasteiger partial charge in [0.25, 0.3) is 0 Å². The van der Waals surface area contributed by atoms with Crippen molar-refractivity contribution in [1.82, 2.24) is 10.3 Å². The molecule has 1 aromatic rings. The van der Waals surface area contributed by atoms with Gasteiger partial charge in [-0.15, -0.1) is 11.3 Å². The Hall–Kier alpha value is -0.160. The van der Waals surface area contributed by atoms with Gasteiger partial charge in [-0.05, 0) is 18.8 Å². The minimum absolute atomic E-state index is 0.288. The summed E-state index contributed by atoms with van der Waals surface area (Å²) in [6.07, 6.45) is 6.48. The van der Waals surface area contributed by atoms with Crippen molar-refractivity contribution < 1.29 is 5.11 Å². The molecule has 2 N–H and O–H groups in total. The molecule has 1 aliphatic carbocycles. The summed E-state index contributed by atoms with van der Waals surface area (Å²) in [6.45, 7) is 1.05. The van der Waals surface area contributed by atoms with Crippen molar-refractivity contribution in [2.45, 2.75) is 38.3 Å². The van der Waals surface area contributed by atoms with Crippen LogP contribution in [0, 0.1) is 5.92 Å². The summed E-state index contributed by atoms with van der Waals surface area (Å²) in [4.78, 5) is 4.21. The first kappa shape index (κ1) is 12.3. The molecule has 2 atom stereocenters. The van der Waals surface area contributed by atoms with Gasteiger partial charge in [-0.25, -0.2) is 4.98 Å². The minimum Gasteiger partial charge on any atom is -0.396 e. The van der Waals surface area contributed by atoms with E-state index in [1.54, 1.807) is 6.20 Å². The third kappa shape index (κ3) is 3.17. The van der Waals surface area contributed by atoms with E-state index in [2.05, 4.69) is 10.3 Å². The minimum atomic E-state index is 0.288. The smallest absolute Gasteiger partial charge is 0.113 e. The van der Waals surface area contributed by atoms with E-state index >= 15 is 0 Å². The van der Waals surface area contributed by atoms with E-state index in [9.17, 15) is 5.11 Å². The molecular formula is C11H17ClN2OS. The molecule has 0 spiro atoms. The second-order valence-electron chi connectivity index (χ2n) is 4.27. The van der Waals surface area contributed by atoms with Crippen LogP contribution in [0.25, 0.3) is 0 Å². The average molecular weight is 261 g/mol. The number of aliphatic hydroxyl groups is 1. The Labute approximate surface area is 105 Å². The summed E-state index contributed by atoms with van der Waals surface area (Å²) in [5.74, 6) is 0.407. The van der Waals surface area contributed by atoms with E-state index in [1.165, 1.54) is 24.2 Å². The Bertz CT molecular complexity index is 332. The lowest BCUT2D eigenvalue weighted by Crippen LogP contribution is -2.39. The molecule has 5 heteroatoms. The first-order chi connectivity index (χ1) is 7.79. The summed E-state index contributed by atoms with van der Waals surface area (Å²) >= 11 is 7.34. The van der Waals surface area contributed by atoms with Gasteiger partial charge in [-0.3, -0.25) is 0 Å². The number of nitrogens with zero attached hydrogens (tertiary/aromatic N) is 1. The molecule has 0 bridgehead atoms. The number of rotatable bonds is 4. The number of nitrogens with one attached hydrogen (secondary N) is 1. The number of hydrogen-bond acceptors (Lipinski definition) is 4. The molecule has 1 fully saturated rings. The van der Waals surface area contributed by atoms with Crippen molar-refractivity contribution in [3.63, 3.8) is 0 Å². The van der Waals surface area contributed by atoms with Crippen molar-refractivity contribution in [1.29, 1.82) is 0 Å². The van der Waals surface area contributed by atoms with Gasteiger partial charge >= 0.3 is 0 Å². The molecule has 0 aromatic carbocycles. The van der Waals surface area contributed by atoms with Crippen LogP contribution < -0.4 is 5.32 Å². The Morgan fingerprint density at radius 3 is 3.00 bits per heavy atom. The second-order valence-corrected chi connectivity index (χ2v) is 6.02. The van der Waals surface area contributed by atoms with E-state index in [4.69, 9.17) is 11.6 Å². The first-order valence-corrected chi connectivity index (χ1v) is 6.93. The molecule has 1 aromatic heterocycles. The van der Waals surface area contributed by atoms with Gasteiger partial charge in [-0.1, -0.05) is 24.4 Å². The van der Waals surface area contributed by atoms with Gasteiger partial charge in [0, 0.05) is 19.2 Å². The van der Waals surface area contributed by atoms with Crippen LogP contribution in [0.1, 0.15) is 30.7 Å². The third-order valence-corrected chi connectivity index (χ3v) is 4.30.